The van der Waals surface area contributed by atoms with Crippen molar-refractivity contribution >= 4 is 16.4 Å². The predicted molar refractivity (Wildman–Crippen MR) is 64.6 cm³/mol. The Labute approximate surface area is 131 Å². The van der Waals surface area contributed by atoms with Gasteiger partial charge in [0, 0.05) is 9.80 Å². The second-order valence-corrected chi connectivity index (χ2v) is 10.3. The second-order valence-electron chi connectivity index (χ2n) is 4.47. The van der Waals surface area contributed by atoms with Crippen molar-refractivity contribution in [1.29, 1.82) is 0 Å². The summed E-state index contributed by atoms with van der Waals surface area (Å²) < 4.78 is 79.1. The van der Waals surface area contributed by atoms with Gasteiger partial charge in [0.15, 0.2) is 0 Å². The van der Waals surface area contributed by atoms with Crippen LogP contribution in [0.1, 0.15) is 5.56 Å². The van der Waals surface area contributed by atoms with Crippen LogP contribution < -0.4 is 30.4 Å². The first-order chi connectivity index (χ1) is 10.2. The average Bonchev–Trinajstić information content (AvgIpc) is 2.61. The van der Waals surface area contributed by atoms with Crippen LogP contribution in [0.3, 0.4) is 0 Å². The Balaban J connectivity index is 2.26. The van der Waals surface area contributed by atoms with E-state index in [-0.39, 0.29) is 20.9 Å². The minimum Gasteiger partial charge on any atom is -0.254 e. The van der Waals surface area contributed by atoms with Crippen molar-refractivity contribution in [3.05, 3.63) is 58.5 Å². The third-order valence-corrected chi connectivity index (χ3v) is 9.06. The van der Waals surface area contributed by atoms with E-state index in [9.17, 15) is 23.5 Å². The van der Waals surface area contributed by atoms with E-state index in [2.05, 4.69) is 2.51 Å². The van der Waals surface area contributed by atoms with Gasteiger partial charge in [0.2, 0.25) is 0 Å². The quantitative estimate of drug-likeness (QED) is 0.509. The lowest BCUT2D eigenvalue weighted by molar-refractivity contribution is -1.91. The van der Waals surface area contributed by atoms with Gasteiger partial charge in [0.05, 0.1) is 2.51 Å². The van der Waals surface area contributed by atoms with Crippen molar-refractivity contribution in [3.8, 4) is 0 Å². The summed E-state index contributed by atoms with van der Waals surface area (Å²) in [6.45, 7) is 0. The minimum absolute atomic E-state index is 0.205. The van der Waals surface area contributed by atoms with Gasteiger partial charge in [-0.2, -0.15) is 13.2 Å². The Morgan fingerprint density at radius 1 is 1.09 bits per heavy atom. The van der Waals surface area contributed by atoms with E-state index in [1.807, 2.05) is 0 Å². The maximum absolute atomic E-state index is 13.8. The van der Waals surface area contributed by atoms with E-state index in [0.29, 0.717) is 0 Å². The average molecular weight is 444 g/mol. The monoisotopic (exact) mass is 444 g/mol. The molecule has 0 N–H and O–H groups in total. The third kappa shape index (κ3) is 2.41. The fourth-order valence-corrected chi connectivity index (χ4v) is 8.70. The van der Waals surface area contributed by atoms with Crippen LogP contribution >= 0.6 is 10.3 Å². The van der Waals surface area contributed by atoms with E-state index >= 15 is 0 Å². The van der Waals surface area contributed by atoms with Crippen molar-refractivity contribution in [3.63, 3.8) is 0 Å². The zero-order valence-corrected chi connectivity index (χ0v) is 13.6. The standard InChI is InChI=1S/C13H8F3IO4S/c14-13(15,16)22(21-17(18,19)20)11-7-2-1-4-10(11)8-12(22)9-5-3-6-9/h1-8H. The van der Waals surface area contributed by atoms with Crippen LogP contribution in [0, 0.1) is 0 Å². The zero-order valence-electron chi connectivity index (χ0n) is 10.7. The number of fused-ring (bicyclic) bond motifs is 1. The van der Waals surface area contributed by atoms with Crippen LogP contribution in [0.2, 0.25) is 0 Å². The maximum Gasteiger partial charge on any atom is 0.466 e. The van der Waals surface area contributed by atoms with Crippen LogP contribution in [0.4, 0.5) is 13.2 Å². The summed E-state index contributed by atoms with van der Waals surface area (Å²) >= 11 is -6.62. The molecule has 4 nitrogen and oxygen atoms in total. The predicted octanol–water partition coefficient (Wildman–Crippen LogP) is -1.95. The van der Waals surface area contributed by atoms with Crippen LogP contribution in [0.25, 0.3) is 6.08 Å². The number of allylic oxidation sites excluding steroid dienone is 4. The highest BCUT2D eigenvalue weighted by Gasteiger charge is 2.68. The molecule has 0 fully saturated rings. The largest absolute Gasteiger partial charge is 0.466 e. The Hall–Kier alpha value is -0.850. The molecular formula is C13H8F3IO4S. The van der Waals surface area contributed by atoms with Crippen molar-refractivity contribution < 1.29 is 46.1 Å². The van der Waals surface area contributed by atoms with Crippen molar-refractivity contribution in [1.82, 2.24) is 0 Å². The van der Waals surface area contributed by atoms with Crippen LogP contribution in [0.15, 0.2) is 57.9 Å². The van der Waals surface area contributed by atoms with Gasteiger partial charge < -0.3 is 0 Å². The highest BCUT2D eigenvalue weighted by atomic mass is 127. The molecule has 9 heteroatoms. The van der Waals surface area contributed by atoms with Gasteiger partial charge in [0.1, 0.15) is 10.3 Å². The summed E-state index contributed by atoms with van der Waals surface area (Å²) in [7, 11) is -4.41. The Morgan fingerprint density at radius 2 is 1.73 bits per heavy atom. The number of hydrogen-bond donors (Lipinski definition) is 0. The second kappa shape index (κ2) is 5.08. The highest BCUT2D eigenvalue weighted by molar-refractivity contribution is 8.34. The topological polar surface area (TPSA) is 78.4 Å². The fourth-order valence-electron chi connectivity index (χ4n) is 2.28. The van der Waals surface area contributed by atoms with Crippen LogP contribution in [-0.2, 0) is 2.51 Å². The molecule has 0 aromatic heterocycles. The fraction of sp³-hybridized carbons (Fsp3) is 0.0769. The molecule has 0 radical (unpaired) electrons. The summed E-state index contributed by atoms with van der Waals surface area (Å²) in [5.41, 5.74) is -4.60. The number of halogens is 4. The molecule has 1 atom stereocenters. The summed E-state index contributed by atoms with van der Waals surface area (Å²) in [4.78, 5) is -0.617. The molecule has 0 spiro atoms. The molecular weight excluding hydrogens is 436 g/mol. The molecule has 1 aromatic carbocycles. The molecule has 3 rings (SSSR count). The van der Waals surface area contributed by atoms with Gasteiger partial charge in [-0.3, -0.25) is 10.3 Å². The summed E-state index contributed by atoms with van der Waals surface area (Å²) in [6, 6.07) is 5.46. The lowest BCUT2D eigenvalue weighted by Crippen LogP contribution is -4.23. The first-order valence-corrected chi connectivity index (χ1v) is 10.9. The van der Waals surface area contributed by atoms with Gasteiger partial charge in [-0.1, -0.05) is 36.4 Å². The van der Waals surface area contributed by atoms with Crippen molar-refractivity contribution in [2.75, 3.05) is 0 Å². The number of rotatable bonds is 3. The van der Waals surface area contributed by atoms with E-state index in [0.717, 1.165) is 6.07 Å². The van der Waals surface area contributed by atoms with Crippen molar-refractivity contribution in [2.24, 2.45) is 0 Å². The molecule has 0 amide bonds. The molecule has 1 aliphatic heterocycles. The van der Waals surface area contributed by atoms with Gasteiger partial charge >= 0.3 is 25.6 Å². The molecule has 118 valence electrons. The third-order valence-electron chi connectivity index (χ3n) is 3.16. The first-order valence-electron chi connectivity index (χ1n) is 5.86. The first kappa shape index (κ1) is 16.0. The smallest absolute Gasteiger partial charge is 0.254 e. The molecule has 1 aliphatic carbocycles. The Morgan fingerprint density at radius 3 is 2.23 bits per heavy atom. The SMILES string of the molecule is [O-][I+3]([O-])([O-])OS1(C(F)(F)F)C(C2=CC=C2)=Cc2ccccc21. The molecule has 1 heterocycles. The van der Waals surface area contributed by atoms with E-state index in [1.54, 1.807) is 0 Å². The molecule has 0 saturated heterocycles. The minimum atomic E-state index is -6.62. The van der Waals surface area contributed by atoms with Gasteiger partial charge in [-0.05, 0) is 23.3 Å². The molecule has 22 heavy (non-hydrogen) atoms. The van der Waals surface area contributed by atoms with E-state index in [1.165, 1.54) is 42.5 Å². The number of alkyl halides is 3. The highest BCUT2D eigenvalue weighted by Crippen LogP contribution is 2.77. The molecule has 1 unspecified atom stereocenters. The van der Waals surface area contributed by atoms with E-state index in [4.69, 9.17) is 0 Å². The van der Waals surface area contributed by atoms with Gasteiger partial charge in [-0.15, -0.1) is 0 Å². The van der Waals surface area contributed by atoms with Gasteiger partial charge in [-0.25, -0.2) is 0 Å². The summed E-state index contributed by atoms with van der Waals surface area (Å²) in [6.07, 6.45) is 5.60. The number of benzene rings is 1. The van der Waals surface area contributed by atoms with Crippen LogP contribution in [-0.4, -0.2) is 5.51 Å². The Kier molecular flexibility index (Phi) is 3.70. The molecule has 0 saturated carbocycles. The lowest BCUT2D eigenvalue weighted by atomic mass is 10.1. The maximum atomic E-state index is 13.8. The van der Waals surface area contributed by atoms with Gasteiger partial charge in [0.25, 0.3) is 0 Å². The Bertz CT molecular complexity index is 721. The lowest BCUT2D eigenvalue weighted by Gasteiger charge is -2.34. The molecule has 2 aliphatic rings. The van der Waals surface area contributed by atoms with Crippen LogP contribution in [0.5, 0.6) is 0 Å². The normalized spacial score (nSPS) is 26.6. The van der Waals surface area contributed by atoms with Crippen molar-refractivity contribution in [2.45, 2.75) is 10.4 Å². The summed E-state index contributed by atoms with van der Waals surface area (Å²) in [5, 5.41) is 0. The molecule has 0 bridgehead atoms. The van der Waals surface area contributed by atoms with E-state index < -0.39 is 35.9 Å². The summed E-state index contributed by atoms with van der Waals surface area (Å²) in [5.74, 6) is 0. The number of hydrogen-bond acceptors (Lipinski definition) is 4. The zero-order chi connectivity index (χ0) is 16.2. The molecule has 1 aromatic rings.